The largest absolute Gasteiger partial charge is 0.449 e. The Balaban J connectivity index is 2.07. The minimum atomic E-state index is -0.845. The van der Waals surface area contributed by atoms with Crippen LogP contribution in [0.4, 0.5) is 5.69 Å². The second-order valence-corrected chi connectivity index (χ2v) is 5.35. The highest BCUT2D eigenvalue weighted by atomic mass is 16.5. The minimum Gasteiger partial charge on any atom is -0.449 e. The van der Waals surface area contributed by atoms with Crippen molar-refractivity contribution in [1.82, 2.24) is 4.98 Å². The maximum absolute atomic E-state index is 12.4. The lowest BCUT2D eigenvalue weighted by Crippen LogP contribution is -2.32. The van der Waals surface area contributed by atoms with Crippen LogP contribution >= 0.6 is 0 Å². The molecule has 1 aromatic heterocycles. The molecule has 2 aromatic rings. The van der Waals surface area contributed by atoms with E-state index in [2.05, 4.69) is 10.3 Å². The van der Waals surface area contributed by atoms with Crippen molar-refractivity contribution in [3.05, 3.63) is 59.4 Å². The Morgan fingerprint density at radius 3 is 2.70 bits per heavy atom. The van der Waals surface area contributed by atoms with Crippen LogP contribution in [0.2, 0.25) is 0 Å². The Kier molecular flexibility index (Phi) is 5.46. The lowest BCUT2D eigenvalue weighted by molar-refractivity contribution is -0.124. The van der Waals surface area contributed by atoms with Crippen LogP contribution in [0.1, 0.15) is 34.8 Å². The number of aryl methyl sites for hydroxylation is 2. The fourth-order valence-corrected chi connectivity index (χ4v) is 2.09. The average molecular weight is 312 g/mol. The molecule has 1 N–H and O–H groups in total. The van der Waals surface area contributed by atoms with Gasteiger partial charge >= 0.3 is 5.97 Å². The molecule has 0 saturated heterocycles. The summed E-state index contributed by atoms with van der Waals surface area (Å²) >= 11 is 0. The van der Waals surface area contributed by atoms with Crippen LogP contribution in [0.15, 0.2) is 42.7 Å². The zero-order valence-corrected chi connectivity index (χ0v) is 13.5. The van der Waals surface area contributed by atoms with Crippen molar-refractivity contribution in [2.45, 2.75) is 33.3 Å². The lowest BCUT2D eigenvalue weighted by Gasteiger charge is -2.17. The molecule has 23 heavy (non-hydrogen) atoms. The van der Waals surface area contributed by atoms with Crippen molar-refractivity contribution in [2.24, 2.45) is 0 Å². The van der Waals surface area contributed by atoms with E-state index in [1.54, 1.807) is 25.3 Å². The van der Waals surface area contributed by atoms with Gasteiger partial charge in [0.05, 0.1) is 5.56 Å². The van der Waals surface area contributed by atoms with Gasteiger partial charge < -0.3 is 10.1 Å². The summed E-state index contributed by atoms with van der Waals surface area (Å²) in [6.07, 6.45) is 2.53. The number of amides is 1. The van der Waals surface area contributed by atoms with Crippen LogP contribution in [0.3, 0.4) is 0 Å². The van der Waals surface area contributed by atoms with Crippen molar-refractivity contribution >= 4 is 17.6 Å². The van der Waals surface area contributed by atoms with Crippen molar-refractivity contribution in [3.63, 3.8) is 0 Å². The summed E-state index contributed by atoms with van der Waals surface area (Å²) in [6.45, 7) is 5.66. The summed E-state index contributed by atoms with van der Waals surface area (Å²) in [6, 6.07) is 9.06. The predicted octanol–water partition coefficient (Wildman–Crippen LogP) is 3.27. The molecule has 5 nitrogen and oxygen atoms in total. The molecular weight excluding hydrogens is 292 g/mol. The van der Waals surface area contributed by atoms with Crippen LogP contribution in [-0.2, 0) is 9.53 Å². The van der Waals surface area contributed by atoms with Crippen LogP contribution < -0.4 is 5.32 Å². The first kappa shape index (κ1) is 16.7. The monoisotopic (exact) mass is 312 g/mol. The highest BCUT2D eigenvalue weighted by Gasteiger charge is 2.22. The fourth-order valence-electron chi connectivity index (χ4n) is 2.09. The van der Waals surface area contributed by atoms with Crippen LogP contribution in [-0.4, -0.2) is 23.0 Å². The highest BCUT2D eigenvalue weighted by Crippen LogP contribution is 2.17. The number of nitrogens with zero attached hydrogens (tertiary/aromatic N) is 1. The molecule has 0 bridgehead atoms. The lowest BCUT2D eigenvalue weighted by atomic mass is 10.1. The maximum Gasteiger partial charge on any atom is 0.340 e. The van der Waals surface area contributed by atoms with Gasteiger partial charge in [0.15, 0.2) is 6.10 Å². The summed E-state index contributed by atoms with van der Waals surface area (Å²) in [5, 5.41) is 2.83. The number of rotatable bonds is 5. The number of aromatic nitrogens is 1. The molecule has 0 aliphatic carbocycles. The molecule has 0 aliphatic rings. The molecule has 1 heterocycles. The molecule has 0 spiro atoms. The summed E-state index contributed by atoms with van der Waals surface area (Å²) in [7, 11) is 0. The molecule has 1 amide bonds. The SMILES string of the molecule is CCC(OC(=O)c1cccnc1)C(=O)Nc1cc(C)ccc1C. The molecule has 2 rings (SSSR count). The number of pyridine rings is 1. The van der Waals surface area contributed by atoms with E-state index in [1.807, 2.05) is 32.0 Å². The number of carbonyl (C=O) groups is 2. The third-order valence-corrected chi connectivity index (χ3v) is 3.46. The summed E-state index contributed by atoms with van der Waals surface area (Å²) in [4.78, 5) is 28.3. The van der Waals surface area contributed by atoms with Gasteiger partial charge in [-0.3, -0.25) is 9.78 Å². The summed E-state index contributed by atoms with van der Waals surface area (Å²) in [5.41, 5.74) is 3.06. The van der Waals surface area contributed by atoms with E-state index in [4.69, 9.17) is 4.74 Å². The van der Waals surface area contributed by atoms with Gasteiger partial charge in [-0.15, -0.1) is 0 Å². The van der Waals surface area contributed by atoms with Crippen molar-refractivity contribution in [1.29, 1.82) is 0 Å². The standard InChI is InChI=1S/C18H20N2O3/c1-4-16(23-18(22)14-6-5-9-19-11-14)17(21)20-15-10-12(2)7-8-13(15)3/h5-11,16H,4H2,1-3H3,(H,20,21). The smallest absolute Gasteiger partial charge is 0.340 e. The minimum absolute atomic E-state index is 0.325. The Bertz CT molecular complexity index is 699. The van der Waals surface area contributed by atoms with Gasteiger partial charge in [-0.1, -0.05) is 19.1 Å². The number of hydrogen-bond donors (Lipinski definition) is 1. The van der Waals surface area contributed by atoms with Crippen molar-refractivity contribution < 1.29 is 14.3 Å². The Hall–Kier alpha value is -2.69. The van der Waals surface area contributed by atoms with Gasteiger partial charge in [-0.25, -0.2) is 4.79 Å². The average Bonchev–Trinajstić information content (AvgIpc) is 2.56. The van der Waals surface area contributed by atoms with Gasteiger partial charge in [0.25, 0.3) is 5.91 Å². The van der Waals surface area contributed by atoms with E-state index in [9.17, 15) is 9.59 Å². The fraction of sp³-hybridized carbons (Fsp3) is 0.278. The molecular formula is C18H20N2O3. The van der Waals surface area contributed by atoms with Crippen molar-refractivity contribution in [3.8, 4) is 0 Å². The first-order chi connectivity index (χ1) is 11.0. The second kappa shape index (κ2) is 7.54. The first-order valence-corrected chi connectivity index (χ1v) is 7.50. The second-order valence-electron chi connectivity index (χ2n) is 5.35. The van der Waals surface area contributed by atoms with E-state index in [1.165, 1.54) is 6.20 Å². The van der Waals surface area contributed by atoms with E-state index in [0.29, 0.717) is 12.0 Å². The van der Waals surface area contributed by atoms with E-state index in [-0.39, 0.29) is 5.91 Å². The van der Waals surface area contributed by atoms with E-state index in [0.717, 1.165) is 16.8 Å². The molecule has 120 valence electrons. The zero-order chi connectivity index (χ0) is 16.8. The number of nitrogens with one attached hydrogen (secondary N) is 1. The van der Waals surface area contributed by atoms with Gasteiger partial charge in [0, 0.05) is 18.1 Å². The molecule has 0 fully saturated rings. The van der Waals surface area contributed by atoms with Crippen LogP contribution in [0, 0.1) is 13.8 Å². The summed E-state index contributed by atoms with van der Waals surface area (Å²) in [5.74, 6) is -0.889. The van der Waals surface area contributed by atoms with Crippen LogP contribution in [0.25, 0.3) is 0 Å². The maximum atomic E-state index is 12.4. The van der Waals surface area contributed by atoms with E-state index < -0.39 is 12.1 Å². The third kappa shape index (κ3) is 4.39. The summed E-state index contributed by atoms with van der Waals surface area (Å²) < 4.78 is 5.30. The predicted molar refractivity (Wildman–Crippen MR) is 88.3 cm³/mol. The third-order valence-electron chi connectivity index (χ3n) is 3.46. The normalized spacial score (nSPS) is 11.6. The van der Waals surface area contributed by atoms with E-state index >= 15 is 0 Å². The van der Waals surface area contributed by atoms with Gasteiger partial charge in [-0.2, -0.15) is 0 Å². The van der Waals surface area contributed by atoms with Gasteiger partial charge in [0.2, 0.25) is 0 Å². The van der Waals surface area contributed by atoms with Crippen LogP contribution in [0.5, 0.6) is 0 Å². The Morgan fingerprint density at radius 1 is 1.26 bits per heavy atom. The Morgan fingerprint density at radius 2 is 2.04 bits per heavy atom. The molecule has 0 aliphatic heterocycles. The number of hydrogen-bond acceptors (Lipinski definition) is 4. The topological polar surface area (TPSA) is 68.3 Å². The highest BCUT2D eigenvalue weighted by molar-refractivity contribution is 5.97. The molecule has 1 aromatic carbocycles. The number of ether oxygens (including phenoxy) is 1. The number of anilines is 1. The van der Waals surface area contributed by atoms with Crippen molar-refractivity contribution in [2.75, 3.05) is 5.32 Å². The molecule has 0 radical (unpaired) electrons. The van der Waals surface area contributed by atoms with Gasteiger partial charge in [0.1, 0.15) is 0 Å². The number of benzene rings is 1. The number of esters is 1. The quantitative estimate of drug-likeness (QED) is 0.860. The molecule has 1 unspecified atom stereocenters. The molecule has 5 heteroatoms. The zero-order valence-electron chi connectivity index (χ0n) is 13.5. The number of carbonyl (C=O) groups excluding carboxylic acids is 2. The molecule has 0 saturated carbocycles. The first-order valence-electron chi connectivity index (χ1n) is 7.50. The molecule has 1 atom stereocenters. The Labute approximate surface area is 135 Å². The van der Waals surface area contributed by atoms with Gasteiger partial charge in [-0.05, 0) is 49.6 Å².